The first-order valence-electron chi connectivity index (χ1n) is 3.54. The number of ether oxygens (including phenoxy) is 1. The summed E-state index contributed by atoms with van der Waals surface area (Å²) >= 11 is 0. The third kappa shape index (κ3) is 7.29. The molecule has 0 aliphatic rings. The molecule has 0 heterocycles. The van der Waals surface area contributed by atoms with Gasteiger partial charge in [0, 0.05) is 0 Å². The fraction of sp³-hybridized carbons (Fsp3) is 0.857. The normalized spacial score (nSPS) is 15.6. The van der Waals surface area contributed by atoms with Gasteiger partial charge < -0.3 is 14.9 Å². The standard InChI is InChI=1S/C7H14O4/c1-5(8)3-7(10)11-4-6(2)9/h5-6,8-9H,3-4H2,1-2H3/t5-,6+/m1/s1. The van der Waals surface area contributed by atoms with Gasteiger partial charge in [-0.05, 0) is 13.8 Å². The Morgan fingerprint density at radius 1 is 1.36 bits per heavy atom. The monoisotopic (exact) mass is 162 g/mol. The van der Waals surface area contributed by atoms with Crippen molar-refractivity contribution in [1.29, 1.82) is 0 Å². The molecule has 0 aliphatic heterocycles. The SMILES string of the molecule is C[C@H](O)COC(=O)C[C@@H](C)O. The van der Waals surface area contributed by atoms with Crippen LogP contribution in [0.15, 0.2) is 0 Å². The lowest BCUT2D eigenvalue weighted by Gasteiger charge is -2.07. The van der Waals surface area contributed by atoms with Crippen molar-refractivity contribution >= 4 is 5.97 Å². The highest BCUT2D eigenvalue weighted by Gasteiger charge is 2.07. The molecule has 4 nitrogen and oxygen atoms in total. The lowest BCUT2D eigenvalue weighted by Crippen LogP contribution is -2.18. The maximum atomic E-state index is 10.7. The van der Waals surface area contributed by atoms with Gasteiger partial charge in [-0.3, -0.25) is 4.79 Å². The van der Waals surface area contributed by atoms with Crippen LogP contribution < -0.4 is 0 Å². The summed E-state index contributed by atoms with van der Waals surface area (Å²) in [5.41, 5.74) is 0. The number of rotatable bonds is 4. The zero-order valence-corrected chi connectivity index (χ0v) is 6.78. The first-order valence-corrected chi connectivity index (χ1v) is 3.54. The maximum Gasteiger partial charge on any atom is 0.308 e. The van der Waals surface area contributed by atoms with Crippen molar-refractivity contribution < 1.29 is 19.7 Å². The van der Waals surface area contributed by atoms with E-state index in [0.717, 1.165) is 0 Å². The minimum absolute atomic E-state index is 0.00838. The molecule has 0 aliphatic carbocycles. The van der Waals surface area contributed by atoms with Crippen LogP contribution in [0.25, 0.3) is 0 Å². The van der Waals surface area contributed by atoms with Crippen molar-refractivity contribution in [2.75, 3.05) is 6.61 Å². The van der Waals surface area contributed by atoms with Crippen LogP contribution in [0.1, 0.15) is 20.3 Å². The summed E-state index contributed by atoms with van der Waals surface area (Å²) < 4.78 is 4.57. The van der Waals surface area contributed by atoms with Crippen molar-refractivity contribution in [2.24, 2.45) is 0 Å². The second-order valence-electron chi connectivity index (χ2n) is 2.59. The van der Waals surface area contributed by atoms with E-state index in [1.165, 1.54) is 13.8 Å². The number of hydrogen-bond acceptors (Lipinski definition) is 4. The highest BCUT2D eigenvalue weighted by Crippen LogP contribution is 1.93. The van der Waals surface area contributed by atoms with Gasteiger partial charge in [0.25, 0.3) is 0 Å². The van der Waals surface area contributed by atoms with Crippen molar-refractivity contribution in [3.8, 4) is 0 Å². The molecule has 0 spiro atoms. The van der Waals surface area contributed by atoms with Crippen LogP contribution in [-0.2, 0) is 9.53 Å². The summed E-state index contributed by atoms with van der Waals surface area (Å²) in [4.78, 5) is 10.7. The minimum atomic E-state index is -0.684. The third-order valence-electron chi connectivity index (χ3n) is 0.948. The van der Waals surface area contributed by atoms with Gasteiger partial charge >= 0.3 is 5.97 Å². The molecule has 0 fully saturated rings. The Kier molecular flexibility index (Phi) is 4.81. The number of esters is 1. The van der Waals surface area contributed by atoms with E-state index in [4.69, 9.17) is 10.2 Å². The lowest BCUT2D eigenvalue weighted by atomic mass is 10.3. The Morgan fingerprint density at radius 3 is 2.27 bits per heavy atom. The number of hydrogen-bond donors (Lipinski definition) is 2. The van der Waals surface area contributed by atoms with Crippen molar-refractivity contribution in [2.45, 2.75) is 32.5 Å². The third-order valence-corrected chi connectivity index (χ3v) is 0.948. The zero-order valence-electron chi connectivity index (χ0n) is 6.78. The quantitative estimate of drug-likeness (QED) is 0.556. The minimum Gasteiger partial charge on any atom is -0.463 e. The van der Waals surface area contributed by atoms with E-state index in [9.17, 15) is 4.79 Å². The second-order valence-corrected chi connectivity index (χ2v) is 2.59. The Hall–Kier alpha value is -0.610. The smallest absolute Gasteiger partial charge is 0.308 e. The molecular formula is C7H14O4. The molecule has 0 amide bonds. The highest BCUT2D eigenvalue weighted by molar-refractivity contribution is 5.69. The molecule has 0 saturated heterocycles. The lowest BCUT2D eigenvalue weighted by molar-refractivity contribution is -0.148. The maximum absolute atomic E-state index is 10.7. The fourth-order valence-electron chi connectivity index (χ4n) is 0.514. The van der Waals surface area contributed by atoms with Crippen LogP contribution in [-0.4, -0.2) is 35.0 Å². The molecule has 0 aromatic rings. The summed E-state index contributed by atoms with van der Waals surface area (Å²) in [6.07, 6.45) is -1.35. The van der Waals surface area contributed by atoms with E-state index in [-0.39, 0.29) is 13.0 Å². The molecule has 2 atom stereocenters. The molecule has 0 unspecified atom stereocenters. The van der Waals surface area contributed by atoms with Gasteiger partial charge in [0.1, 0.15) is 6.61 Å². The van der Waals surface area contributed by atoms with E-state index in [1.807, 2.05) is 0 Å². The Balaban J connectivity index is 3.38. The van der Waals surface area contributed by atoms with Gasteiger partial charge in [-0.2, -0.15) is 0 Å². The molecule has 0 radical (unpaired) electrons. The summed E-state index contributed by atoms with van der Waals surface area (Å²) in [5.74, 6) is -0.485. The summed E-state index contributed by atoms with van der Waals surface area (Å²) in [7, 11) is 0. The zero-order chi connectivity index (χ0) is 8.85. The molecular weight excluding hydrogens is 148 g/mol. The van der Waals surface area contributed by atoms with Crippen LogP contribution in [0.5, 0.6) is 0 Å². The molecule has 0 aromatic carbocycles. The molecule has 0 bridgehead atoms. The topological polar surface area (TPSA) is 66.8 Å². The van der Waals surface area contributed by atoms with E-state index in [2.05, 4.69) is 4.74 Å². The molecule has 0 rings (SSSR count). The van der Waals surface area contributed by atoms with Crippen LogP contribution in [0.3, 0.4) is 0 Å². The Labute approximate surface area is 65.8 Å². The second kappa shape index (κ2) is 5.09. The largest absolute Gasteiger partial charge is 0.463 e. The van der Waals surface area contributed by atoms with Crippen molar-refractivity contribution in [3.63, 3.8) is 0 Å². The first kappa shape index (κ1) is 10.4. The van der Waals surface area contributed by atoms with Gasteiger partial charge in [-0.1, -0.05) is 0 Å². The van der Waals surface area contributed by atoms with Gasteiger partial charge in [0.05, 0.1) is 18.6 Å². The average molecular weight is 162 g/mol. The van der Waals surface area contributed by atoms with E-state index < -0.39 is 18.2 Å². The fourth-order valence-corrected chi connectivity index (χ4v) is 0.514. The number of carbonyl (C=O) groups excluding carboxylic acids is 1. The van der Waals surface area contributed by atoms with Crippen LogP contribution in [0, 0.1) is 0 Å². The number of aliphatic hydroxyl groups excluding tert-OH is 2. The van der Waals surface area contributed by atoms with Gasteiger partial charge in [-0.15, -0.1) is 0 Å². The van der Waals surface area contributed by atoms with Crippen LogP contribution >= 0.6 is 0 Å². The highest BCUT2D eigenvalue weighted by atomic mass is 16.5. The van der Waals surface area contributed by atoms with Crippen LogP contribution in [0.2, 0.25) is 0 Å². The Morgan fingerprint density at radius 2 is 1.91 bits per heavy atom. The van der Waals surface area contributed by atoms with E-state index >= 15 is 0 Å². The molecule has 11 heavy (non-hydrogen) atoms. The predicted molar refractivity (Wildman–Crippen MR) is 38.9 cm³/mol. The van der Waals surface area contributed by atoms with Gasteiger partial charge in [0.15, 0.2) is 0 Å². The van der Waals surface area contributed by atoms with E-state index in [1.54, 1.807) is 0 Å². The predicted octanol–water partition coefficient (Wildman–Crippen LogP) is -0.319. The van der Waals surface area contributed by atoms with E-state index in [0.29, 0.717) is 0 Å². The van der Waals surface area contributed by atoms with Crippen molar-refractivity contribution in [3.05, 3.63) is 0 Å². The number of aliphatic hydroxyl groups is 2. The van der Waals surface area contributed by atoms with Crippen molar-refractivity contribution in [1.82, 2.24) is 0 Å². The molecule has 2 N–H and O–H groups in total. The molecule has 66 valence electrons. The average Bonchev–Trinajstić information content (AvgIpc) is 1.82. The molecule has 0 aromatic heterocycles. The summed E-state index contributed by atoms with van der Waals surface area (Å²) in [6, 6.07) is 0. The van der Waals surface area contributed by atoms with Gasteiger partial charge in [-0.25, -0.2) is 0 Å². The van der Waals surface area contributed by atoms with Gasteiger partial charge in [0.2, 0.25) is 0 Å². The first-order chi connectivity index (χ1) is 5.02. The Bertz CT molecular complexity index is 120. The summed E-state index contributed by atoms with van der Waals surface area (Å²) in [5, 5.41) is 17.4. The summed E-state index contributed by atoms with van der Waals surface area (Å²) in [6.45, 7) is 3.02. The van der Waals surface area contributed by atoms with Crippen LogP contribution in [0.4, 0.5) is 0 Å². The number of carbonyl (C=O) groups is 1. The molecule has 0 saturated carbocycles. The molecule has 4 heteroatoms.